The van der Waals surface area contributed by atoms with Crippen LogP contribution in [-0.4, -0.2) is 220 Å². The highest BCUT2D eigenvalue weighted by Crippen LogP contribution is 1.93. The molecule has 0 aliphatic rings. The van der Waals surface area contributed by atoms with Crippen molar-refractivity contribution >= 4 is 46.8 Å². The van der Waals surface area contributed by atoms with Crippen LogP contribution < -0.4 is 21.3 Å². The molecular weight excluding hydrogens is 973 g/mol. The summed E-state index contributed by atoms with van der Waals surface area (Å²) in [7, 11) is 4.77. The van der Waals surface area contributed by atoms with Crippen molar-refractivity contribution in [2.45, 2.75) is 118 Å². The minimum atomic E-state index is -0.286. The maximum Gasteiger partial charge on any atom is 0.246 e. The Hall–Kier alpha value is -3.88. The van der Waals surface area contributed by atoms with Crippen molar-refractivity contribution in [3.05, 3.63) is 0 Å². The Balaban J connectivity index is -0.0000000902. The van der Waals surface area contributed by atoms with Crippen molar-refractivity contribution in [1.82, 2.24) is 21.3 Å². The van der Waals surface area contributed by atoms with Gasteiger partial charge >= 0.3 is 0 Å². The number of ketones is 4. The standard InChI is InChI=1S/3C12H23NO5.C9H17NO4.6CH4/c3*1-3-17-7-8-18-10-12(15)13-9-11(14)5-4-6-16-2;1-3-13-4-5-14-7-9(12)10-6-8(2)11;;;;;;/h3*3-10H2,1-2H3,(H,13,15);3-7H2,1-2H3,(H,10,12);6*1H4. The zero-order valence-electron chi connectivity index (χ0n) is 42.3. The van der Waals surface area contributed by atoms with Crippen molar-refractivity contribution in [1.29, 1.82) is 0 Å². The van der Waals surface area contributed by atoms with E-state index in [4.69, 9.17) is 52.1 Å². The maximum absolute atomic E-state index is 11.3. The van der Waals surface area contributed by atoms with E-state index in [0.29, 0.717) is 138 Å². The second-order valence-corrected chi connectivity index (χ2v) is 13.7. The average molecular weight is 1080 g/mol. The van der Waals surface area contributed by atoms with Crippen molar-refractivity contribution in [2.75, 3.05) is 173 Å². The van der Waals surface area contributed by atoms with E-state index in [-0.39, 0.29) is 144 Å². The Bertz CT molecular complexity index is 1140. The second-order valence-electron chi connectivity index (χ2n) is 13.7. The molecule has 74 heavy (non-hydrogen) atoms. The van der Waals surface area contributed by atoms with Gasteiger partial charge in [-0.05, 0) is 53.9 Å². The lowest BCUT2D eigenvalue weighted by molar-refractivity contribution is -0.129. The predicted octanol–water partition coefficient (Wildman–Crippen LogP) is 4.02. The van der Waals surface area contributed by atoms with E-state index in [1.807, 2.05) is 27.7 Å². The highest BCUT2D eigenvalue weighted by Gasteiger charge is 2.08. The molecule has 4 N–H and O–H groups in total. The molecule has 0 aliphatic heterocycles. The number of amides is 4. The molecule has 0 bridgehead atoms. The van der Waals surface area contributed by atoms with Gasteiger partial charge in [-0.1, -0.05) is 44.6 Å². The fourth-order valence-corrected chi connectivity index (χ4v) is 4.23. The molecule has 4 amide bonds. The number of hydrogen-bond acceptors (Lipinski definition) is 19. The molecule has 0 aliphatic carbocycles. The van der Waals surface area contributed by atoms with Gasteiger partial charge in [0.1, 0.15) is 32.2 Å². The first-order chi connectivity index (χ1) is 32.8. The highest BCUT2D eigenvalue weighted by atomic mass is 16.5. The third-order valence-electron chi connectivity index (χ3n) is 7.63. The van der Waals surface area contributed by atoms with Gasteiger partial charge < -0.3 is 73.4 Å². The number of methoxy groups -OCH3 is 3. The van der Waals surface area contributed by atoms with E-state index < -0.39 is 0 Å². The van der Waals surface area contributed by atoms with Crippen LogP contribution in [0.4, 0.5) is 0 Å². The SMILES string of the molecule is C.C.C.C.C.C.CCOCCOCC(=O)NCC(=O)CCCOC.CCOCCOCC(=O)NCC(=O)CCCOC.CCOCCOCC(=O)NCC(=O)CCCOC.CCOCCOCC(=O)NCC(C)=O. The van der Waals surface area contributed by atoms with E-state index in [1.165, 1.54) is 6.92 Å². The van der Waals surface area contributed by atoms with Crippen LogP contribution in [-0.2, 0) is 90.5 Å². The van der Waals surface area contributed by atoms with Gasteiger partial charge in [0.2, 0.25) is 23.6 Å². The van der Waals surface area contributed by atoms with E-state index >= 15 is 0 Å². The quantitative estimate of drug-likeness (QED) is 0.0627. The van der Waals surface area contributed by atoms with Gasteiger partial charge in [-0.3, -0.25) is 38.4 Å². The first kappa shape index (κ1) is 92.7. The molecule has 0 saturated carbocycles. The summed E-state index contributed by atoms with van der Waals surface area (Å²) < 4.78 is 54.8. The molecule has 0 heterocycles. The average Bonchev–Trinajstić information content (AvgIpc) is 3.32. The molecule has 0 fully saturated rings. The van der Waals surface area contributed by atoms with E-state index in [9.17, 15) is 38.4 Å². The highest BCUT2D eigenvalue weighted by molar-refractivity contribution is 5.88. The van der Waals surface area contributed by atoms with E-state index in [2.05, 4.69) is 21.3 Å². The lowest BCUT2D eigenvalue weighted by Crippen LogP contribution is -2.32. The van der Waals surface area contributed by atoms with Gasteiger partial charge in [0.25, 0.3) is 0 Å². The van der Waals surface area contributed by atoms with Crippen LogP contribution in [0.5, 0.6) is 0 Å². The van der Waals surface area contributed by atoms with Crippen molar-refractivity contribution < 1.29 is 90.5 Å². The van der Waals surface area contributed by atoms with Gasteiger partial charge in [0.05, 0.1) is 79.0 Å². The topological polar surface area (TPSA) is 286 Å². The zero-order chi connectivity index (χ0) is 51.7. The number of carbonyl (C=O) groups is 8. The Labute approximate surface area is 448 Å². The molecule has 23 heteroatoms. The van der Waals surface area contributed by atoms with Crippen molar-refractivity contribution in [3.8, 4) is 0 Å². The Morgan fingerprint density at radius 3 is 0.703 bits per heavy atom. The normalized spacial score (nSPS) is 9.41. The fraction of sp³-hybridized carbons (Fsp3) is 0.843. The maximum atomic E-state index is 11.3. The number of ether oxygens (including phenoxy) is 11. The van der Waals surface area contributed by atoms with Gasteiger partial charge in [0.15, 0.2) is 17.3 Å². The summed E-state index contributed by atoms with van der Waals surface area (Å²) >= 11 is 0. The van der Waals surface area contributed by atoms with Crippen molar-refractivity contribution in [3.63, 3.8) is 0 Å². The molecule has 0 aromatic carbocycles. The summed E-state index contributed by atoms with van der Waals surface area (Å²) in [5.74, 6) is -1.23. The predicted molar refractivity (Wildman–Crippen MR) is 291 cm³/mol. The molecular formula is C51H110N4O19. The summed E-state index contributed by atoms with van der Waals surface area (Å²) in [5.41, 5.74) is 0. The number of hydrogen-bond donors (Lipinski definition) is 4. The molecule has 0 radical (unpaired) electrons. The minimum Gasteiger partial charge on any atom is -0.385 e. The molecule has 0 atom stereocenters. The van der Waals surface area contributed by atoms with E-state index in [1.54, 1.807) is 21.3 Å². The molecule has 0 saturated heterocycles. The summed E-state index contributed by atoms with van der Waals surface area (Å²) in [4.78, 5) is 89.1. The van der Waals surface area contributed by atoms with Crippen LogP contribution in [0.15, 0.2) is 0 Å². The number of nitrogens with one attached hydrogen (secondary N) is 4. The molecule has 23 nitrogen and oxygen atoms in total. The first-order valence-corrected chi connectivity index (χ1v) is 23.0. The lowest BCUT2D eigenvalue weighted by Gasteiger charge is -2.06. The molecule has 0 rings (SSSR count). The van der Waals surface area contributed by atoms with E-state index in [0.717, 1.165) is 0 Å². The molecule has 0 spiro atoms. The summed E-state index contributed by atoms with van der Waals surface area (Å²) in [6.07, 6.45) is 3.28. The Morgan fingerprint density at radius 2 is 0.514 bits per heavy atom. The van der Waals surface area contributed by atoms with Gasteiger partial charge in [-0.25, -0.2) is 0 Å². The number of Topliss-reactive ketones (excluding diaryl/α,β-unsaturated/α-hetero) is 4. The van der Waals surface area contributed by atoms with Crippen molar-refractivity contribution in [2.24, 2.45) is 0 Å². The summed E-state index contributed by atoms with van der Waals surface area (Å²) in [6, 6.07) is 0. The van der Waals surface area contributed by atoms with Gasteiger partial charge in [-0.15, -0.1) is 0 Å². The van der Waals surface area contributed by atoms with Crippen LogP contribution in [0.1, 0.15) is 118 Å². The zero-order valence-corrected chi connectivity index (χ0v) is 42.3. The fourth-order valence-electron chi connectivity index (χ4n) is 4.23. The summed E-state index contributed by atoms with van der Waals surface area (Å²) in [5, 5.41) is 9.93. The lowest BCUT2D eigenvalue weighted by atomic mass is 10.2. The van der Waals surface area contributed by atoms with Gasteiger partial charge in [-0.2, -0.15) is 0 Å². The summed E-state index contributed by atoms with van der Waals surface area (Å²) in [6.45, 7) is 16.7. The van der Waals surface area contributed by atoms with Crippen LogP contribution in [0.2, 0.25) is 0 Å². The largest absolute Gasteiger partial charge is 0.385 e. The minimum absolute atomic E-state index is 0. The number of carbonyl (C=O) groups excluding carboxylic acids is 8. The van der Waals surface area contributed by atoms with Crippen LogP contribution in [0.3, 0.4) is 0 Å². The molecule has 0 unspecified atom stereocenters. The molecule has 448 valence electrons. The third-order valence-corrected chi connectivity index (χ3v) is 7.63. The monoisotopic (exact) mass is 1080 g/mol. The molecule has 0 aromatic rings. The third kappa shape index (κ3) is 87.8. The first-order valence-electron chi connectivity index (χ1n) is 23.0. The Morgan fingerprint density at radius 1 is 0.311 bits per heavy atom. The van der Waals surface area contributed by atoms with Crippen LogP contribution in [0.25, 0.3) is 0 Å². The Kier molecular flexibility index (Phi) is 97.7. The molecule has 0 aromatic heterocycles. The second kappa shape index (κ2) is 78.0. The van der Waals surface area contributed by atoms with Gasteiger partial charge in [0, 0.05) is 86.8 Å². The van der Waals surface area contributed by atoms with Crippen LogP contribution in [0, 0.1) is 0 Å². The van der Waals surface area contributed by atoms with Crippen LogP contribution >= 0.6 is 0 Å². The smallest absolute Gasteiger partial charge is 0.246 e. The number of rotatable bonds is 44.